The summed E-state index contributed by atoms with van der Waals surface area (Å²) in [5.74, 6) is 0.0445. The van der Waals surface area contributed by atoms with Gasteiger partial charge in [-0.3, -0.25) is 4.79 Å². The lowest BCUT2D eigenvalue weighted by Gasteiger charge is -2.17. The van der Waals surface area contributed by atoms with Gasteiger partial charge in [0.05, 0.1) is 12.1 Å². The van der Waals surface area contributed by atoms with E-state index in [1.807, 2.05) is 0 Å². The zero-order chi connectivity index (χ0) is 12.4. The topological polar surface area (TPSA) is 65.5 Å². The van der Waals surface area contributed by atoms with Crippen molar-refractivity contribution in [2.24, 2.45) is 0 Å². The van der Waals surface area contributed by atoms with Crippen molar-refractivity contribution in [3.8, 4) is 0 Å². The molecule has 0 spiro atoms. The van der Waals surface area contributed by atoms with Gasteiger partial charge in [0.2, 0.25) is 0 Å². The molecule has 0 unspecified atom stereocenters. The van der Waals surface area contributed by atoms with Gasteiger partial charge in [-0.05, 0) is 34.5 Å². The first-order chi connectivity index (χ1) is 8.08. The molecule has 1 fully saturated rings. The molecule has 0 radical (unpaired) electrons. The first-order valence-corrected chi connectivity index (χ1v) is 6.25. The molecule has 1 aromatic heterocycles. The molecule has 1 aliphatic rings. The molecule has 0 saturated carbocycles. The summed E-state index contributed by atoms with van der Waals surface area (Å²) >= 11 is 9.14. The van der Waals surface area contributed by atoms with Crippen LogP contribution in [0, 0.1) is 0 Å². The Hall–Kier alpha value is -0.690. The van der Waals surface area contributed by atoms with E-state index in [0.29, 0.717) is 23.4 Å². The molecule has 2 N–H and O–H groups in total. The number of aliphatic hydroxyl groups excluding tert-OH is 1. The number of anilines is 1. The number of carbonyl (C=O) groups excluding carboxylic acids is 1. The molecule has 92 valence electrons. The van der Waals surface area contributed by atoms with Gasteiger partial charge < -0.3 is 10.4 Å². The van der Waals surface area contributed by atoms with E-state index in [-0.39, 0.29) is 5.91 Å². The molecule has 1 aromatic rings. The second kappa shape index (κ2) is 5.30. The first kappa shape index (κ1) is 12.8. The van der Waals surface area contributed by atoms with Crippen molar-refractivity contribution in [1.82, 2.24) is 10.3 Å². The van der Waals surface area contributed by atoms with Crippen LogP contribution in [0.1, 0.15) is 6.42 Å². The molecule has 0 bridgehead atoms. The lowest BCUT2D eigenvalue weighted by atomic mass is 10.2. The fourth-order valence-corrected chi connectivity index (χ4v) is 2.21. The van der Waals surface area contributed by atoms with Crippen molar-refractivity contribution in [3.05, 3.63) is 22.8 Å². The van der Waals surface area contributed by atoms with Gasteiger partial charge in [0, 0.05) is 18.3 Å². The van der Waals surface area contributed by atoms with Crippen molar-refractivity contribution in [2.75, 3.05) is 11.0 Å². The van der Waals surface area contributed by atoms with E-state index in [1.165, 1.54) is 0 Å². The van der Waals surface area contributed by atoms with Crippen LogP contribution in [0.4, 0.5) is 5.82 Å². The third-order valence-corrected chi connectivity index (χ3v) is 3.28. The smallest absolute Gasteiger partial charge is 0.260 e. The highest BCUT2D eigenvalue weighted by Gasteiger charge is 2.32. The lowest BCUT2D eigenvalue weighted by molar-refractivity contribution is -0.119. The number of carbonyl (C=O) groups is 1. The van der Waals surface area contributed by atoms with Crippen LogP contribution < -0.4 is 9.74 Å². The molecule has 1 amide bonds. The molecule has 1 aliphatic heterocycles. The average Bonchev–Trinajstić information content (AvgIpc) is 2.74. The lowest BCUT2D eigenvalue weighted by Crippen LogP contribution is -2.39. The van der Waals surface area contributed by atoms with Crippen molar-refractivity contribution in [1.29, 1.82) is 0 Å². The molecule has 0 aliphatic carbocycles. The number of aromatic nitrogens is 1. The number of nitrogens with zero attached hydrogens (tertiary/aromatic N) is 2. The number of hydrogen-bond donors (Lipinski definition) is 2. The Balaban J connectivity index is 2.09. The van der Waals surface area contributed by atoms with Crippen molar-refractivity contribution in [2.45, 2.75) is 18.6 Å². The maximum Gasteiger partial charge on any atom is 0.260 e. The predicted molar refractivity (Wildman–Crippen MR) is 67.7 cm³/mol. The Morgan fingerprint density at radius 3 is 3.00 bits per heavy atom. The quantitative estimate of drug-likeness (QED) is 0.631. The highest BCUT2D eigenvalue weighted by molar-refractivity contribution is 9.10. The van der Waals surface area contributed by atoms with Gasteiger partial charge in [-0.15, -0.1) is 0 Å². The second-order valence-electron chi connectivity index (χ2n) is 3.79. The number of hydrogen-bond acceptors (Lipinski definition) is 4. The van der Waals surface area contributed by atoms with Crippen LogP contribution in [0.3, 0.4) is 0 Å². The van der Waals surface area contributed by atoms with Crippen LogP contribution in [0.5, 0.6) is 0 Å². The number of aliphatic hydroxyl groups is 1. The SMILES string of the molecule is O=C([C@@H]1C[C@H](O)CN1)N(Cl)c1cccc(Br)n1. The molecule has 5 nitrogen and oxygen atoms in total. The van der Waals surface area contributed by atoms with Crippen LogP contribution in [0.2, 0.25) is 0 Å². The van der Waals surface area contributed by atoms with Crippen LogP contribution in [0.15, 0.2) is 22.8 Å². The normalized spacial score (nSPS) is 23.7. The van der Waals surface area contributed by atoms with Gasteiger partial charge >= 0.3 is 0 Å². The summed E-state index contributed by atoms with van der Waals surface area (Å²) in [6.07, 6.45) is -0.125. The van der Waals surface area contributed by atoms with Gasteiger partial charge in [-0.25, -0.2) is 9.40 Å². The number of rotatable bonds is 2. The minimum atomic E-state index is -0.496. The second-order valence-corrected chi connectivity index (χ2v) is 4.94. The standard InChI is InChI=1S/C10H11BrClN3O2/c11-8-2-1-3-9(14-8)15(12)10(17)7-4-6(16)5-13-7/h1-3,6-7,13,16H,4-5H2/t6-,7-/m0/s1. The molecular formula is C10H11BrClN3O2. The van der Waals surface area contributed by atoms with Crippen LogP contribution >= 0.6 is 27.7 Å². The monoisotopic (exact) mass is 319 g/mol. The molecule has 1 saturated heterocycles. The predicted octanol–water partition coefficient (Wildman–Crippen LogP) is 1.05. The third-order valence-electron chi connectivity index (χ3n) is 2.50. The van der Waals surface area contributed by atoms with E-state index in [2.05, 4.69) is 26.2 Å². The Labute approximate surface area is 112 Å². The van der Waals surface area contributed by atoms with Crippen molar-refractivity contribution >= 4 is 39.4 Å². The Kier molecular flexibility index (Phi) is 3.98. The number of nitrogens with one attached hydrogen (secondary N) is 1. The minimum Gasteiger partial charge on any atom is -0.392 e. The summed E-state index contributed by atoms with van der Waals surface area (Å²) in [7, 11) is 0. The van der Waals surface area contributed by atoms with Gasteiger partial charge in [0.1, 0.15) is 4.60 Å². The molecule has 17 heavy (non-hydrogen) atoms. The Morgan fingerprint density at radius 2 is 2.41 bits per heavy atom. The maximum atomic E-state index is 12.0. The van der Waals surface area contributed by atoms with Gasteiger partial charge in [-0.2, -0.15) is 0 Å². The molecular weight excluding hydrogens is 309 g/mol. The number of pyridine rings is 1. The van der Waals surface area contributed by atoms with Gasteiger partial charge in [0.15, 0.2) is 5.82 Å². The summed E-state index contributed by atoms with van der Waals surface area (Å²) in [4.78, 5) is 16.1. The molecule has 2 atom stereocenters. The van der Waals surface area contributed by atoms with Gasteiger partial charge in [-0.1, -0.05) is 6.07 Å². The molecule has 0 aromatic carbocycles. The van der Waals surface area contributed by atoms with E-state index in [9.17, 15) is 9.90 Å². The highest BCUT2D eigenvalue weighted by atomic mass is 79.9. The van der Waals surface area contributed by atoms with E-state index < -0.39 is 12.1 Å². The fraction of sp³-hybridized carbons (Fsp3) is 0.400. The first-order valence-electron chi connectivity index (χ1n) is 5.11. The Bertz CT molecular complexity index is 432. The van der Waals surface area contributed by atoms with Crippen molar-refractivity contribution in [3.63, 3.8) is 0 Å². The van der Waals surface area contributed by atoms with Gasteiger partial charge in [0.25, 0.3) is 5.91 Å². The number of β-amino-alcohol motifs (C(OH)–C–C–N with tert-alkyl or cyclic N) is 1. The summed E-state index contributed by atoms with van der Waals surface area (Å²) in [5, 5.41) is 12.3. The minimum absolute atomic E-state index is 0.311. The van der Waals surface area contributed by atoms with Crippen LogP contribution in [-0.4, -0.2) is 34.7 Å². The van der Waals surface area contributed by atoms with E-state index in [1.54, 1.807) is 18.2 Å². The van der Waals surface area contributed by atoms with E-state index in [4.69, 9.17) is 11.8 Å². The third kappa shape index (κ3) is 2.95. The number of halogens is 2. The average molecular weight is 321 g/mol. The molecule has 2 rings (SSSR count). The largest absolute Gasteiger partial charge is 0.392 e. The highest BCUT2D eigenvalue weighted by Crippen LogP contribution is 2.20. The molecule has 7 heteroatoms. The summed E-state index contributed by atoms with van der Waals surface area (Å²) in [6, 6.07) is 4.67. The van der Waals surface area contributed by atoms with Crippen LogP contribution in [-0.2, 0) is 4.79 Å². The van der Waals surface area contributed by atoms with Crippen LogP contribution in [0.25, 0.3) is 0 Å². The van der Waals surface area contributed by atoms with E-state index in [0.717, 1.165) is 4.42 Å². The molecule has 2 heterocycles. The van der Waals surface area contributed by atoms with Crippen molar-refractivity contribution < 1.29 is 9.90 Å². The fourth-order valence-electron chi connectivity index (χ4n) is 1.66. The Morgan fingerprint density at radius 1 is 1.65 bits per heavy atom. The zero-order valence-corrected chi connectivity index (χ0v) is 11.1. The summed E-state index contributed by atoms with van der Waals surface area (Å²) in [5.41, 5.74) is 0. The van der Waals surface area contributed by atoms with E-state index >= 15 is 0 Å². The maximum absolute atomic E-state index is 12.0. The summed E-state index contributed by atoms with van der Waals surface area (Å²) < 4.78 is 1.58. The summed E-state index contributed by atoms with van der Waals surface area (Å²) in [6.45, 7) is 0.410. The number of amides is 1. The zero-order valence-electron chi connectivity index (χ0n) is 8.81.